The number of ether oxygens (including phenoxy) is 2. The van der Waals surface area contributed by atoms with Crippen molar-refractivity contribution in [1.29, 1.82) is 0 Å². The van der Waals surface area contributed by atoms with Gasteiger partial charge in [-0.2, -0.15) is 0 Å². The van der Waals surface area contributed by atoms with Crippen LogP contribution in [0, 0.1) is 12.7 Å². The maximum atomic E-state index is 14.0. The van der Waals surface area contributed by atoms with Crippen LogP contribution in [-0.2, 0) is 19.4 Å². The predicted octanol–water partition coefficient (Wildman–Crippen LogP) is 7.97. The minimum atomic E-state index is -0.194. The van der Waals surface area contributed by atoms with Crippen LogP contribution in [0.25, 0.3) is 0 Å². The Kier molecular flexibility index (Phi) is 9.05. The number of anilines is 1. The number of fused-ring (bicyclic) bond motifs is 1. The molecule has 4 aromatic rings. The Morgan fingerprint density at radius 3 is 2.48 bits per heavy atom. The summed E-state index contributed by atoms with van der Waals surface area (Å²) < 4.78 is 26.3. The second-order valence-corrected chi connectivity index (χ2v) is 11.7. The molecule has 0 radical (unpaired) electrons. The van der Waals surface area contributed by atoms with E-state index in [-0.39, 0.29) is 11.9 Å². The van der Waals surface area contributed by atoms with Gasteiger partial charge in [0.05, 0.1) is 12.6 Å². The molecule has 6 rings (SSSR count). The van der Waals surface area contributed by atoms with Crippen molar-refractivity contribution in [2.45, 2.75) is 64.1 Å². The summed E-state index contributed by atoms with van der Waals surface area (Å²) in [5, 5.41) is 3.60. The third-order valence-electron chi connectivity index (χ3n) is 8.69. The molecule has 4 nitrogen and oxygen atoms in total. The summed E-state index contributed by atoms with van der Waals surface area (Å²) in [7, 11) is 0. The number of hydrogen-bond donors (Lipinski definition) is 1. The number of nitrogens with zero attached hydrogens (tertiary/aromatic N) is 1. The molecular weight excluding hydrogens is 523 g/mol. The topological polar surface area (TPSA) is 33.7 Å². The van der Waals surface area contributed by atoms with Gasteiger partial charge in [0.2, 0.25) is 0 Å². The van der Waals surface area contributed by atoms with Crippen LogP contribution in [-0.4, -0.2) is 25.7 Å². The highest BCUT2D eigenvalue weighted by molar-refractivity contribution is 5.58. The molecule has 0 aromatic heterocycles. The number of nitrogens with one attached hydrogen (secondary N) is 1. The Bertz CT molecular complexity index is 1450. The van der Waals surface area contributed by atoms with Crippen molar-refractivity contribution in [1.82, 2.24) is 5.32 Å². The van der Waals surface area contributed by atoms with Crippen LogP contribution in [0.4, 0.5) is 10.1 Å². The molecule has 0 amide bonds. The van der Waals surface area contributed by atoms with Crippen LogP contribution in [0.15, 0.2) is 91.0 Å². The van der Waals surface area contributed by atoms with Gasteiger partial charge in [0.1, 0.15) is 23.9 Å². The van der Waals surface area contributed by atoms with Crippen molar-refractivity contribution < 1.29 is 13.9 Å². The van der Waals surface area contributed by atoms with Gasteiger partial charge in [0.15, 0.2) is 0 Å². The highest BCUT2D eigenvalue weighted by Gasteiger charge is 2.29. The number of piperidine rings is 1. The summed E-state index contributed by atoms with van der Waals surface area (Å²) >= 11 is 0. The number of rotatable bonds is 10. The van der Waals surface area contributed by atoms with E-state index in [1.54, 1.807) is 12.1 Å². The number of benzene rings is 4. The number of halogens is 1. The molecule has 5 heteroatoms. The molecule has 0 bridgehead atoms. The lowest BCUT2D eigenvalue weighted by Gasteiger charge is -2.40. The number of aryl methyl sites for hydroxylation is 1. The van der Waals surface area contributed by atoms with Crippen molar-refractivity contribution in [3.05, 3.63) is 125 Å². The van der Waals surface area contributed by atoms with Gasteiger partial charge in [-0.3, -0.25) is 0 Å². The molecule has 0 saturated carbocycles. The van der Waals surface area contributed by atoms with E-state index in [1.165, 1.54) is 36.0 Å². The van der Waals surface area contributed by atoms with Crippen LogP contribution in [0.1, 0.15) is 59.5 Å². The Balaban J connectivity index is 1.19. The zero-order valence-corrected chi connectivity index (χ0v) is 24.5. The summed E-state index contributed by atoms with van der Waals surface area (Å²) in [5.41, 5.74) is 7.08. The summed E-state index contributed by atoms with van der Waals surface area (Å²) in [6.45, 7) is 5.28. The lowest BCUT2D eigenvalue weighted by Crippen LogP contribution is -2.37. The quantitative estimate of drug-likeness (QED) is 0.212. The monoisotopic (exact) mass is 564 g/mol. The molecule has 0 aliphatic carbocycles. The van der Waals surface area contributed by atoms with Gasteiger partial charge in [-0.15, -0.1) is 0 Å². The normalized spacial score (nSPS) is 18.4. The first-order chi connectivity index (χ1) is 20.6. The van der Waals surface area contributed by atoms with E-state index in [2.05, 4.69) is 64.8 Å². The van der Waals surface area contributed by atoms with Crippen molar-refractivity contribution in [2.24, 2.45) is 0 Å². The molecule has 42 heavy (non-hydrogen) atoms. The van der Waals surface area contributed by atoms with Crippen LogP contribution in [0.2, 0.25) is 0 Å². The molecule has 1 fully saturated rings. The summed E-state index contributed by atoms with van der Waals surface area (Å²) in [5.74, 6) is 1.62. The van der Waals surface area contributed by atoms with Crippen LogP contribution in [0.5, 0.6) is 11.5 Å². The summed E-state index contributed by atoms with van der Waals surface area (Å²) in [6, 6.07) is 31.2. The molecule has 1 N–H and O–H groups in total. The van der Waals surface area contributed by atoms with Crippen molar-refractivity contribution >= 4 is 5.69 Å². The predicted molar refractivity (Wildman–Crippen MR) is 168 cm³/mol. The van der Waals surface area contributed by atoms with Crippen LogP contribution in [0.3, 0.4) is 0 Å². The van der Waals surface area contributed by atoms with E-state index in [0.717, 1.165) is 67.3 Å². The van der Waals surface area contributed by atoms with Gasteiger partial charge in [0.25, 0.3) is 0 Å². The first-order valence-electron chi connectivity index (χ1n) is 15.4. The van der Waals surface area contributed by atoms with Crippen LogP contribution < -0.4 is 19.7 Å². The molecule has 0 spiro atoms. The molecule has 2 aliphatic heterocycles. The van der Waals surface area contributed by atoms with Crippen molar-refractivity contribution in [3.8, 4) is 11.5 Å². The van der Waals surface area contributed by atoms with Gasteiger partial charge < -0.3 is 19.7 Å². The molecule has 1 saturated heterocycles. The lowest BCUT2D eigenvalue weighted by molar-refractivity contribution is 0.268. The molecular formula is C37H41FN2O2. The third-order valence-corrected chi connectivity index (χ3v) is 8.69. The van der Waals surface area contributed by atoms with E-state index >= 15 is 0 Å². The Hall–Kier alpha value is -3.83. The molecule has 2 heterocycles. The Morgan fingerprint density at radius 1 is 0.857 bits per heavy atom. The third kappa shape index (κ3) is 6.96. The molecule has 2 unspecified atom stereocenters. The highest BCUT2D eigenvalue weighted by atomic mass is 19.1. The largest absolute Gasteiger partial charge is 0.494 e. The fourth-order valence-corrected chi connectivity index (χ4v) is 6.40. The zero-order valence-electron chi connectivity index (χ0n) is 24.5. The second kappa shape index (κ2) is 13.4. The lowest BCUT2D eigenvalue weighted by atomic mass is 9.87. The first kappa shape index (κ1) is 28.3. The van der Waals surface area contributed by atoms with E-state index in [4.69, 9.17) is 9.47 Å². The first-order valence-corrected chi connectivity index (χ1v) is 15.4. The average molecular weight is 565 g/mol. The van der Waals surface area contributed by atoms with E-state index in [9.17, 15) is 4.39 Å². The van der Waals surface area contributed by atoms with Crippen LogP contribution >= 0.6 is 0 Å². The summed E-state index contributed by atoms with van der Waals surface area (Å²) in [4.78, 5) is 2.45. The molecule has 2 aliphatic rings. The second-order valence-electron chi connectivity index (χ2n) is 11.7. The Morgan fingerprint density at radius 2 is 1.69 bits per heavy atom. The summed E-state index contributed by atoms with van der Waals surface area (Å²) in [6.07, 6.45) is 6.65. The minimum Gasteiger partial charge on any atom is -0.494 e. The van der Waals surface area contributed by atoms with Crippen molar-refractivity contribution in [2.75, 3.05) is 24.6 Å². The molecule has 4 aromatic carbocycles. The molecule has 218 valence electrons. The maximum absolute atomic E-state index is 14.0. The standard InChI is InChI=1S/C37H41FN2O2/c1-27-23-31(38)12-17-36(27)40-21-18-30-25-34(42-26-29-7-3-2-4-8-29)15-16-35(30)37(40)24-28-10-13-33(14-11-28)41-22-19-32-9-5-6-20-39-32/h2-4,7-8,10-17,23,25,32,37,39H,5-6,9,18-22,24,26H2,1H3. The van der Waals surface area contributed by atoms with Gasteiger partial charge in [-0.05, 0) is 116 Å². The fraction of sp³-hybridized carbons (Fsp3) is 0.351. The van der Waals surface area contributed by atoms with Gasteiger partial charge in [0, 0.05) is 18.3 Å². The van der Waals surface area contributed by atoms with E-state index in [1.807, 2.05) is 31.2 Å². The fourth-order valence-electron chi connectivity index (χ4n) is 6.40. The Labute approximate surface area is 249 Å². The van der Waals surface area contributed by atoms with E-state index in [0.29, 0.717) is 12.6 Å². The smallest absolute Gasteiger partial charge is 0.123 e. The molecule has 2 atom stereocenters. The maximum Gasteiger partial charge on any atom is 0.123 e. The highest BCUT2D eigenvalue weighted by Crippen LogP contribution is 2.39. The van der Waals surface area contributed by atoms with Gasteiger partial charge in [-0.25, -0.2) is 4.39 Å². The minimum absolute atomic E-state index is 0.130. The SMILES string of the molecule is Cc1cc(F)ccc1N1CCc2cc(OCc3ccccc3)ccc2C1Cc1ccc(OCCC2CCCCN2)cc1. The van der Waals surface area contributed by atoms with Gasteiger partial charge in [-0.1, -0.05) is 55.0 Å². The number of hydrogen-bond acceptors (Lipinski definition) is 4. The average Bonchev–Trinajstić information content (AvgIpc) is 3.02. The van der Waals surface area contributed by atoms with Crippen molar-refractivity contribution in [3.63, 3.8) is 0 Å². The van der Waals surface area contributed by atoms with Gasteiger partial charge >= 0.3 is 0 Å². The zero-order chi connectivity index (χ0) is 28.7. The van der Waals surface area contributed by atoms with E-state index < -0.39 is 0 Å².